The Hall–Kier alpha value is -1.92. The molecule has 2 nitrogen and oxygen atoms in total. The zero-order valence-corrected chi connectivity index (χ0v) is 15.4. The molecule has 1 aromatic carbocycles. The fourth-order valence-corrected chi connectivity index (χ4v) is 4.22. The summed E-state index contributed by atoms with van der Waals surface area (Å²) in [5.74, 6) is 0. The maximum atomic E-state index is 13.9. The van der Waals surface area contributed by atoms with Crippen LogP contribution in [-0.2, 0) is 11.8 Å². The second kappa shape index (κ2) is 6.67. The van der Waals surface area contributed by atoms with Crippen LogP contribution in [0.25, 0.3) is 10.9 Å². The van der Waals surface area contributed by atoms with Crippen LogP contribution >= 0.6 is 11.3 Å². The van der Waals surface area contributed by atoms with E-state index < -0.39 is 30.0 Å². The Bertz CT molecular complexity index is 884. The van der Waals surface area contributed by atoms with Gasteiger partial charge in [-0.2, -0.15) is 24.5 Å². The number of aliphatic hydroxyl groups is 1. The number of rotatable bonds is 5. The van der Waals surface area contributed by atoms with Crippen LogP contribution in [0.2, 0.25) is 0 Å². The molecule has 0 fully saturated rings. The van der Waals surface area contributed by atoms with Crippen LogP contribution < -0.4 is 0 Å². The highest BCUT2D eigenvalue weighted by molar-refractivity contribution is 7.08. The van der Waals surface area contributed by atoms with E-state index in [9.17, 15) is 18.3 Å². The Morgan fingerprint density at radius 1 is 1.08 bits per heavy atom. The number of para-hydroxylation sites is 1. The molecule has 3 aromatic rings. The number of thiophene rings is 1. The first-order valence-corrected chi connectivity index (χ1v) is 9.21. The van der Waals surface area contributed by atoms with Crippen molar-refractivity contribution < 1.29 is 18.3 Å². The zero-order chi connectivity index (χ0) is 19.0. The zero-order valence-electron chi connectivity index (χ0n) is 14.5. The van der Waals surface area contributed by atoms with Crippen LogP contribution in [0.3, 0.4) is 0 Å². The summed E-state index contributed by atoms with van der Waals surface area (Å²) in [6.07, 6.45) is -4.19. The van der Waals surface area contributed by atoms with Gasteiger partial charge in [0.2, 0.25) is 0 Å². The van der Waals surface area contributed by atoms with E-state index in [-0.39, 0.29) is 0 Å². The van der Waals surface area contributed by atoms with E-state index in [0.29, 0.717) is 16.5 Å². The molecule has 0 aliphatic heterocycles. The van der Waals surface area contributed by atoms with Crippen LogP contribution in [0.1, 0.15) is 31.4 Å². The normalized spacial score (nSPS) is 15.2. The number of pyridine rings is 1. The molecule has 0 radical (unpaired) electrons. The molecule has 0 bridgehead atoms. The van der Waals surface area contributed by atoms with Crippen molar-refractivity contribution in [1.82, 2.24) is 4.98 Å². The predicted octanol–water partition coefficient (Wildman–Crippen LogP) is 5.50. The Balaban J connectivity index is 2.00. The molecule has 1 N–H and O–H groups in total. The lowest BCUT2D eigenvalue weighted by Crippen LogP contribution is -2.50. The van der Waals surface area contributed by atoms with Crippen molar-refractivity contribution in [2.75, 3.05) is 0 Å². The Labute approximate surface area is 154 Å². The number of halogens is 3. The van der Waals surface area contributed by atoms with Gasteiger partial charge in [0.05, 0.1) is 5.52 Å². The number of nitrogens with zero attached hydrogens (tertiary/aromatic N) is 1. The molecule has 2 aromatic heterocycles. The second-order valence-corrected chi connectivity index (χ2v) is 8.05. The Kier molecular flexibility index (Phi) is 4.84. The standard InChI is InChI=1S/C20H20F3NOS/c1-18(2,15-8-10-26-12-15)13-19(25,20(21,22)23)11-14-7-9-24-17-6-4-3-5-16(14)17/h3-10,12,25H,11,13H2,1-2H3. The van der Waals surface area contributed by atoms with Gasteiger partial charge in [0, 0.05) is 18.0 Å². The summed E-state index contributed by atoms with van der Waals surface area (Å²) in [5, 5.41) is 15.0. The number of aromatic nitrogens is 1. The van der Waals surface area contributed by atoms with Crippen molar-refractivity contribution in [3.8, 4) is 0 Å². The largest absolute Gasteiger partial charge is 0.417 e. The van der Waals surface area contributed by atoms with Crippen molar-refractivity contribution in [1.29, 1.82) is 0 Å². The molecule has 0 saturated carbocycles. The number of fused-ring (bicyclic) bond motifs is 1. The fraction of sp³-hybridized carbons (Fsp3) is 0.350. The number of alkyl halides is 3. The molecule has 0 spiro atoms. The summed E-state index contributed by atoms with van der Waals surface area (Å²) in [4.78, 5) is 4.19. The van der Waals surface area contributed by atoms with Gasteiger partial charge in [-0.1, -0.05) is 32.0 Å². The summed E-state index contributed by atoms with van der Waals surface area (Å²) < 4.78 is 41.7. The molecular formula is C20H20F3NOS. The summed E-state index contributed by atoms with van der Waals surface area (Å²) in [5.41, 5.74) is -1.79. The van der Waals surface area contributed by atoms with Crippen LogP contribution in [-0.4, -0.2) is 21.9 Å². The van der Waals surface area contributed by atoms with Gasteiger partial charge < -0.3 is 5.11 Å². The van der Waals surface area contributed by atoms with Gasteiger partial charge in [-0.25, -0.2) is 0 Å². The highest BCUT2D eigenvalue weighted by Crippen LogP contribution is 2.43. The first kappa shape index (κ1) is 18.9. The number of benzene rings is 1. The molecule has 26 heavy (non-hydrogen) atoms. The lowest BCUT2D eigenvalue weighted by Gasteiger charge is -2.38. The van der Waals surface area contributed by atoms with Crippen molar-refractivity contribution >= 4 is 22.2 Å². The highest BCUT2D eigenvalue weighted by Gasteiger charge is 2.55. The molecule has 1 atom stereocenters. The lowest BCUT2D eigenvalue weighted by atomic mass is 9.73. The maximum absolute atomic E-state index is 13.9. The summed E-state index contributed by atoms with van der Waals surface area (Å²) in [6, 6.07) is 10.4. The summed E-state index contributed by atoms with van der Waals surface area (Å²) >= 11 is 1.43. The third kappa shape index (κ3) is 3.62. The van der Waals surface area contributed by atoms with Crippen LogP contribution in [0.4, 0.5) is 13.2 Å². The molecule has 0 saturated heterocycles. The number of hydrogen-bond donors (Lipinski definition) is 1. The second-order valence-electron chi connectivity index (χ2n) is 7.27. The highest BCUT2D eigenvalue weighted by atomic mass is 32.1. The topological polar surface area (TPSA) is 33.1 Å². The van der Waals surface area contributed by atoms with Crippen molar-refractivity contribution in [2.24, 2.45) is 0 Å². The molecular weight excluding hydrogens is 359 g/mol. The van der Waals surface area contributed by atoms with E-state index in [1.54, 1.807) is 44.2 Å². The van der Waals surface area contributed by atoms with Crippen molar-refractivity contribution in [3.63, 3.8) is 0 Å². The van der Waals surface area contributed by atoms with E-state index in [4.69, 9.17) is 0 Å². The smallest absolute Gasteiger partial charge is 0.380 e. The van der Waals surface area contributed by atoms with E-state index in [0.717, 1.165) is 5.56 Å². The molecule has 2 heterocycles. The van der Waals surface area contributed by atoms with Gasteiger partial charge in [-0.15, -0.1) is 0 Å². The van der Waals surface area contributed by atoms with E-state index in [2.05, 4.69) is 4.98 Å². The minimum Gasteiger partial charge on any atom is -0.380 e. The number of hydrogen-bond acceptors (Lipinski definition) is 3. The van der Waals surface area contributed by atoms with Crippen LogP contribution in [0, 0.1) is 0 Å². The van der Waals surface area contributed by atoms with Gasteiger partial charge >= 0.3 is 6.18 Å². The molecule has 0 amide bonds. The van der Waals surface area contributed by atoms with Gasteiger partial charge in [0.1, 0.15) is 0 Å². The first-order chi connectivity index (χ1) is 12.1. The van der Waals surface area contributed by atoms with Crippen molar-refractivity contribution in [2.45, 2.75) is 43.9 Å². The Morgan fingerprint density at radius 2 is 1.81 bits per heavy atom. The van der Waals surface area contributed by atoms with E-state index >= 15 is 0 Å². The Morgan fingerprint density at radius 3 is 2.46 bits per heavy atom. The quantitative estimate of drug-likeness (QED) is 0.635. The van der Waals surface area contributed by atoms with Gasteiger partial charge in [0.15, 0.2) is 5.60 Å². The maximum Gasteiger partial charge on any atom is 0.417 e. The van der Waals surface area contributed by atoms with Gasteiger partial charge in [-0.3, -0.25) is 4.98 Å². The average Bonchev–Trinajstić information content (AvgIpc) is 3.09. The SMILES string of the molecule is CC(C)(CC(O)(Cc1ccnc2ccccc12)C(F)(F)F)c1ccsc1. The van der Waals surface area contributed by atoms with E-state index in [1.165, 1.54) is 17.5 Å². The van der Waals surface area contributed by atoms with Crippen LogP contribution in [0.5, 0.6) is 0 Å². The van der Waals surface area contributed by atoms with Crippen molar-refractivity contribution in [3.05, 3.63) is 64.5 Å². The molecule has 0 aliphatic rings. The van der Waals surface area contributed by atoms with Crippen LogP contribution in [0.15, 0.2) is 53.4 Å². The third-order valence-corrected chi connectivity index (χ3v) is 5.47. The first-order valence-electron chi connectivity index (χ1n) is 8.27. The average molecular weight is 379 g/mol. The van der Waals surface area contributed by atoms with Gasteiger partial charge in [0.25, 0.3) is 0 Å². The minimum absolute atomic E-state index is 0.420. The summed E-state index contributed by atoms with van der Waals surface area (Å²) in [7, 11) is 0. The minimum atomic E-state index is -4.75. The van der Waals surface area contributed by atoms with E-state index in [1.807, 2.05) is 16.8 Å². The molecule has 0 aliphatic carbocycles. The molecule has 3 rings (SSSR count). The third-order valence-electron chi connectivity index (χ3n) is 4.79. The summed E-state index contributed by atoms with van der Waals surface area (Å²) in [6.45, 7) is 3.47. The molecule has 1 unspecified atom stereocenters. The van der Waals surface area contributed by atoms with Gasteiger partial charge in [-0.05, 0) is 51.9 Å². The monoisotopic (exact) mass is 379 g/mol. The molecule has 138 valence electrons. The lowest BCUT2D eigenvalue weighted by molar-refractivity contribution is -0.266. The predicted molar refractivity (Wildman–Crippen MR) is 98.4 cm³/mol. The molecule has 6 heteroatoms. The fourth-order valence-electron chi connectivity index (χ4n) is 3.37.